The fourth-order valence-electron chi connectivity index (χ4n) is 2.38. The third-order valence-electron chi connectivity index (χ3n) is 3.22. The fraction of sp³-hybridized carbons (Fsp3) is 0.909. The Bertz CT molecular complexity index is 199. The summed E-state index contributed by atoms with van der Waals surface area (Å²) in [5, 5.41) is 2.97. The zero-order valence-electron chi connectivity index (χ0n) is 8.63. The molecule has 2 unspecified atom stereocenters. The minimum absolute atomic E-state index is 0.209. The molecule has 80 valence electrons. The Balaban J connectivity index is 1.84. The molecule has 2 atom stereocenters. The summed E-state index contributed by atoms with van der Waals surface area (Å²) >= 11 is 0. The van der Waals surface area contributed by atoms with E-state index in [1.807, 2.05) is 0 Å². The number of rotatable bonds is 2. The van der Waals surface area contributed by atoms with E-state index in [-0.39, 0.29) is 11.8 Å². The van der Waals surface area contributed by atoms with Gasteiger partial charge in [-0.1, -0.05) is 6.42 Å². The van der Waals surface area contributed by atoms with E-state index in [1.54, 1.807) is 0 Å². The van der Waals surface area contributed by atoms with E-state index in [9.17, 15) is 4.79 Å². The summed E-state index contributed by atoms with van der Waals surface area (Å²) in [4.78, 5) is 11.6. The Morgan fingerprint density at radius 2 is 2.21 bits per heavy atom. The molecule has 3 heteroatoms. The number of hydrogen-bond donors (Lipinski definition) is 1. The summed E-state index contributed by atoms with van der Waals surface area (Å²) in [5.41, 5.74) is 0. The van der Waals surface area contributed by atoms with Crippen molar-refractivity contribution in [1.29, 1.82) is 0 Å². The number of hydrogen-bond acceptors (Lipinski definition) is 2. The molecular formula is C11H19NO2. The van der Waals surface area contributed by atoms with Gasteiger partial charge in [0.2, 0.25) is 5.91 Å². The average molecular weight is 197 g/mol. The lowest BCUT2D eigenvalue weighted by molar-refractivity contribution is -0.125. The highest BCUT2D eigenvalue weighted by Gasteiger charge is 2.26. The van der Waals surface area contributed by atoms with E-state index in [0.29, 0.717) is 6.10 Å². The molecule has 0 bridgehead atoms. The van der Waals surface area contributed by atoms with Crippen molar-refractivity contribution in [3.05, 3.63) is 0 Å². The maximum absolute atomic E-state index is 11.6. The zero-order valence-corrected chi connectivity index (χ0v) is 8.63. The highest BCUT2D eigenvalue weighted by atomic mass is 16.5. The normalized spacial score (nSPS) is 33.9. The summed E-state index contributed by atoms with van der Waals surface area (Å²) in [6.07, 6.45) is 6.95. The molecule has 1 amide bonds. The Morgan fingerprint density at radius 3 is 3.00 bits per heavy atom. The van der Waals surface area contributed by atoms with Gasteiger partial charge in [0.05, 0.1) is 6.10 Å². The first-order valence-corrected chi connectivity index (χ1v) is 5.75. The second kappa shape index (κ2) is 4.78. The van der Waals surface area contributed by atoms with E-state index < -0.39 is 0 Å². The summed E-state index contributed by atoms with van der Waals surface area (Å²) in [6, 6.07) is 0. The van der Waals surface area contributed by atoms with Crippen LogP contribution >= 0.6 is 0 Å². The number of ether oxygens (including phenoxy) is 1. The molecule has 2 heterocycles. The third kappa shape index (κ3) is 2.47. The largest absolute Gasteiger partial charge is 0.378 e. The third-order valence-corrected chi connectivity index (χ3v) is 3.22. The van der Waals surface area contributed by atoms with Crippen LogP contribution in [0.3, 0.4) is 0 Å². The molecule has 1 N–H and O–H groups in total. The Morgan fingerprint density at radius 1 is 1.29 bits per heavy atom. The topological polar surface area (TPSA) is 38.3 Å². The van der Waals surface area contributed by atoms with Gasteiger partial charge >= 0.3 is 0 Å². The molecule has 0 radical (unpaired) electrons. The lowest BCUT2D eigenvalue weighted by Gasteiger charge is -2.16. The van der Waals surface area contributed by atoms with Crippen molar-refractivity contribution >= 4 is 5.91 Å². The minimum atomic E-state index is 0.209. The van der Waals surface area contributed by atoms with Gasteiger partial charge in [0, 0.05) is 19.1 Å². The predicted octanol–water partition coefficient (Wildman–Crippen LogP) is 1.47. The Hall–Kier alpha value is -0.570. The molecule has 3 nitrogen and oxygen atoms in total. The first-order chi connectivity index (χ1) is 6.86. The maximum Gasteiger partial charge on any atom is 0.223 e. The molecule has 14 heavy (non-hydrogen) atoms. The van der Waals surface area contributed by atoms with Gasteiger partial charge in [0.15, 0.2) is 0 Å². The van der Waals surface area contributed by atoms with Crippen LogP contribution < -0.4 is 5.32 Å². The van der Waals surface area contributed by atoms with Gasteiger partial charge in [-0.05, 0) is 32.1 Å². The molecule has 2 rings (SSSR count). The van der Waals surface area contributed by atoms with E-state index in [0.717, 1.165) is 38.8 Å². The highest BCUT2D eigenvalue weighted by Crippen LogP contribution is 2.24. The molecule has 0 aromatic heterocycles. The SMILES string of the molecule is O=C1NCCCCC1CC1CCCO1. The maximum atomic E-state index is 11.6. The van der Waals surface area contributed by atoms with E-state index in [2.05, 4.69) is 5.32 Å². The molecule has 2 fully saturated rings. The van der Waals surface area contributed by atoms with Crippen molar-refractivity contribution in [2.24, 2.45) is 5.92 Å². The first-order valence-electron chi connectivity index (χ1n) is 5.75. The lowest BCUT2D eigenvalue weighted by Crippen LogP contribution is -2.31. The smallest absolute Gasteiger partial charge is 0.223 e. The van der Waals surface area contributed by atoms with Crippen LogP contribution in [0, 0.1) is 5.92 Å². The minimum Gasteiger partial charge on any atom is -0.378 e. The van der Waals surface area contributed by atoms with Gasteiger partial charge in [-0.25, -0.2) is 0 Å². The molecule has 0 aliphatic carbocycles. The Labute approximate surface area is 85.2 Å². The van der Waals surface area contributed by atoms with Crippen molar-refractivity contribution in [3.8, 4) is 0 Å². The van der Waals surface area contributed by atoms with E-state index in [4.69, 9.17) is 4.74 Å². The number of amides is 1. The standard InChI is InChI=1S/C11H19NO2/c13-11-9(4-1-2-6-12-11)8-10-5-3-7-14-10/h9-10H,1-8H2,(H,12,13). The summed E-state index contributed by atoms with van der Waals surface area (Å²) in [5.74, 6) is 0.457. The van der Waals surface area contributed by atoms with Crippen LogP contribution in [-0.4, -0.2) is 25.2 Å². The monoisotopic (exact) mass is 197 g/mol. The van der Waals surface area contributed by atoms with Gasteiger partial charge in [0.1, 0.15) is 0 Å². The molecule has 0 aromatic rings. The van der Waals surface area contributed by atoms with Crippen LogP contribution in [0.4, 0.5) is 0 Å². The van der Waals surface area contributed by atoms with Crippen molar-refractivity contribution in [2.75, 3.05) is 13.2 Å². The molecule has 2 aliphatic heterocycles. The molecular weight excluding hydrogens is 178 g/mol. The molecule has 2 aliphatic rings. The van der Waals surface area contributed by atoms with Gasteiger partial charge in [-0.2, -0.15) is 0 Å². The van der Waals surface area contributed by atoms with Crippen molar-refractivity contribution in [2.45, 2.75) is 44.6 Å². The van der Waals surface area contributed by atoms with E-state index >= 15 is 0 Å². The van der Waals surface area contributed by atoms with Crippen LogP contribution in [0.2, 0.25) is 0 Å². The fourth-order valence-corrected chi connectivity index (χ4v) is 2.38. The number of carbonyl (C=O) groups excluding carboxylic acids is 1. The lowest BCUT2D eigenvalue weighted by atomic mass is 9.95. The zero-order chi connectivity index (χ0) is 9.80. The summed E-state index contributed by atoms with van der Waals surface area (Å²) in [6.45, 7) is 1.75. The molecule has 0 saturated carbocycles. The van der Waals surface area contributed by atoms with Crippen LogP contribution in [0.15, 0.2) is 0 Å². The van der Waals surface area contributed by atoms with Crippen molar-refractivity contribution in [3.63, 3.8) is 0 Å². The summed E-state index contributed by atoms with van der Waals surface area (Å²) in [7, 11) is 0. The van der Waals surface area contributed by atoms with Crippen LogP contribution in [0.1, 0.15) is 38.5 Å². The van der Waals surface area contributed by atoms with Gasteiger partial charge in [-0.3, -0.25) is 4.79 Å². The van der Waals surface area contributed by atoms with Crippen LogP contribution in [0.25, 0.3) is 0 Å². The number of carbonyl (C=O) groups is 1. The van der Waals surface area contributed by atoms with E-state index in [1.165, 1.54) is 12.8 Å². The first kappa shape index (κ1) is 9.97. The molecule has 0 spiro atoms. The van der Waals surface area contributed by atoms with Crippen molar-refractivity contribution < 1.29 is 9.53 Å². The van der Waals surface area contributed by atoms with Crippen LogP contribution in [-0.2, 0) is 9.53 Å². The van der Waals surface area contributed by atoms with Gasteiger partial charge in [0.25, 0.3) is 0 Å². The second-order valence-corrected chi connectivity index (χ2v) is 4.35. The molecule has 0 aromatic carbocycles. The van der Waals surface area contributed by atoms with Gasteiger partial charge < -0.3 is 10.1 Å². The number of nitrogens with one attached hydrogen (secondary N) is 1. The highest BCUT2D eigenvalue weighted by molar-refractivity contribution is 5.78. The average Bonchev–Trinajstić information content (AvgIpc) is 2.60. The van der Waals surface area contributed by atoms with Gasteiger partial charge in [-0.15, -0.1) is 0 Å². The predicted molar refractivity (Wildman–Crippen MR) is 53.9 cm³/mol. The Kier molecular flexibility index (Phi) is 3.40. The molecule has 2 saturated heterocycles. The summed E-state index contributed by atoms with van der Waals surface area (Å²) < 4.78 is 5.56. The second-order valence-electron chi connectivity index (χ2n) is 4.35. The quantitative estimate of drug-likeness (QED) is 0.728. The van der Waals surface area contributed by atoms with Crippen LogP contribution in [0.5, 0.6) is 0 Å². The van der Waals surface area contributed by atoms with Crippen molar-refractivity contribution in [1.82, 2.24) is 5.32 Å².